The predicted molar refractivity (Wildman–Crippen MR) is 87.1 cm³/mol. The van der Waals surface area contributed by atoms with Crippen LogP contribution in [0.5, 0.6) is 0 Å². The van der Waals surface area contributed by atoms with Crippen LogP contribution in [0, 0.1) is 11.3 Å². The highest BCUT2D eigenvalue weighted by molar-refractivity contribution is 5.97. The number of carbonyl (C=O) groups is 1. The number of carbonyl (C=O) groups excluding carboxylic acids is 1. The molecule has 0 saturated carbocycles. The number of benzene rings is 2. The van der Waals surface area contributed by atoms with Gasteiger partial charge < -0.3 is 10.6 Å². The first kappa shape index (κ1) is 18.1. The van der Waals surface area contributed by atoms with Crippen LogP contribution >= 0.6 is 0 Å². The lowest BCUT2D eigenvalue weighted by molar-refractivity contribution is -0.137. The molecule has 7 heteroatoms. The van der Waals surface area contributed by atoms with Crippen molar-refractivity contribution in [1.29, 1.82) is 5.26 Å². The molecule has 2 rings (SSSR count). The largest absolute Gasteiger partial charge is 0.416 e. The van der Waals surface area contributed by atoms with Crippen LogP contribution < -0.4 is 10.6 Å². The van der Waals surface area contributed by atoms with Gasteiger partial charge in [0.25, 0.3) is 5.91 Å². The van der Waals surface area contributed by atoms with Crippen LogP contribution in [0.1, 0.15) is 11.1 Å². The summed E-state index contributed by atoms with van der Waals surface area (Å²) in [7, 11) is 0. The van der Waals surface area contributed by atoms with E-state index in [0.717, 1.165) is 23.9 Å². The van der Waals surface area contributed by atoms with Crippen molar-refractivity contribution in [1.82, 2.24) is 5.32 Å². The fourth-order valence-electron chi connectivity index (χ4n) is 1.93. The molecule has 0 atom stereocenters. The van der Waals surface area contributed by atoms with Gasteiger partial charge in [-0.25, -0.2) is 0 Å². The molecule has 0 radical (unpaired) electrons. The number of hydrogen-bond donors (Lipinski definition) is 2. The molecule has 0 spiro atoms. The summed E-state index contributed by atoms with van der Waals surface area (Å²) >= 11 is 0. The predicted octanol–water partition coefficient (Wildman–Crippen LogP) is 3.84. The van der Waals surface area contributed by atoms with E-state index in [0.29, 0.717) is 5.69 Å². The monoisotopic (exact) mass is 345 g/mol. The molecule has 0 aromatic heterocycles. The lowest BCUT2D eigenvalue weighted by Crippen LogP contribution is -2.24. The first-order valence-electron chi connectivity index (χ1n) is 7.26. The fourth-order valence-corrected chi connectivity index (χ4v) is 1.93. The molecule has 0 heterocycles. The maximum absolute atomic E-state index is 12.5. The number of nitrogens with one attached hydrogen (secondary N) is 2. The molecule has 25 heavy (non-hydrogen) atoms. The molecular weight excluding hydrogens is 331 g/mol. The zero-order chi connectivity index (χ0) is 18.3. The van der Waals surface area contributed by atoms with Crippen molar-refractivity contribution < 1.29 is 18.0 Å². The number of anilines is 1. The van der Waals surface area contributed by atoms with Crippen molar-refractivity contribution >= 4 is 11.6 Å². The summed E-state index contributed by atoms with van der Waals surface area (Å²) in [6.07, 6.45) is -3.26. The molecule has 0 fully saturated rings. The van der Waals surface area contributed by atoms with Crippen molar-refractivity contribution in [2.75, 3.05) is 5.32 Å². The second-order valence-corrected chi connectivity index (χ2v) is 5.06. The van der Waals surface area contributed by atoms with Gasteiger partial charge in [0, 0.05) is 18.4 Å². The van der Waals surface area contributed by atoms with Crippen LogP contribution in [0.25, 0.3) is 0 Å². The van der Waals surface area contributed by atoms with Gasteiger partial charge in [0.15, 0.2) is 0 Å². The van der Waals surface area contributed by atoms with Gasteiger partial charge in [-0.2, -0.15) is 18.4 Å². The average Bonchev–Trinajstić information content (AvgIpc) is 2.61. The smallest absolute Gasteiger partial charge is 0.360 e. The molecular formula is C18H14F3N3O. The van der Waals surface area contributed by atoms with Gasteiger partial charge in [0.1, 0.15) is 11.6 Å². The van der Waals surface area contributed by atoms with Gasteiger partial charge in [-0.3, -0.25) is 4.79 Å². The van der Waals surface area contributed by atoms with E-state index in [-0.39, 0.29) is 12.1 Å². The van der Waals surface area contributed by atoms with Crippen molar-refractivity contribution in [2.24, 2.45) is 0 Å². The van der Waals surface area contributed by atoms with Gasteiger partial charge in [0.05, 0.1) is 5.56 Å². The number of nitrogens with zero attached hydrogens (tertiary/aromatic N) is 1. The maximum atomic E-state index is 12.5. The Morgan fingerprint density at radius 2 is 1.72 bits per heavy atom. The second kappa shape index (κ2) is 8.02. The zero-order valence-corrected chi connectivity index (χ0v) is 13.0. The van der Waals surface area contributed by atoms with Crippen molar-refractivity contribution in [2.45, 2.75) is 12.7 Å². The summed E-state index contributed by atoms with van der Waals surface area (Å²) in [6.45, 7) is 0.263. The second-order valence-electron chi connectivity index (χ2n) is 5.06. The number of alkyl halides is 3. The molecule has 4 nitrogen and oxygen atoms in total. The Balaban J connectivity index is 1.97. The number of rotatable bonds is 5. The number of halogens is 3. The number of nitriles is 1. The van der Waals surface area contributed by atoms with Crippen LogP contribution in [0.15, 0.2) is 66.4 Å². The Hall–Kier alpha value is -3.27. The van der Waals surface area contributed by atoms with E-state index in [1.165, 1.54) is 12.1 Å². The van der Waals surface area contributed by atoms with E-state index in [1.54, 1.807) is 6.07 Å². The van der Waals surface area contributed by atoms with Crippen LogP contribution in [0.2, 0.25) is 0 Å². The third-order valence-electron chi connectivity index (χ3n) is 3.26. The normalized spacial score (nSPS) is 11.5. The molecule has 1 amide bonds. The van der Waals surface area contributed by atoms with E-state index < -0.39 is 17.6 Å². The summed E-state index contributed by atoms with van der Waals surface area (Å²) in [6, 6.07) is 15.2. The summed E-state index contributed by atoms with van der Waals surface area (Å²) in [4.78, 5) is 12.0. The molecule has 2 aromatic rings. The average molecular weight is 345 g/mol. The Bertz CT molecular complexity index is 791. The lowest BCUT2D eigenvalue weighted by Gasteiger charge is -2.08. The minimum Gasteiger partial charge on any atom is -0.360 e. The zero-order valence-electron chi connectivity index (χ0n) is 13.0. The van der Waals surface area contributed by atoms with E-state index in [2.05, 4.69) is 10.6 Å². The molecule has 2 N–H and O–H groups in total. The molecule has 0 aliphatic rings. The highest BCUT2D eigenvalue weighted by atomic mass is 19.4. The Morgan fingerprint density at radius 1 is 1.08 bits per heavy atom. The highest BCUT2D eigenvalue weighted by Crippen LogP contribution is 2.29. The molecule has 0 unspecified atom stereocenters. The first-order valence-corrected chi connectivity index (χ1v) is 7.26. The third-order valence-corrected chi connectivity index (χ3v) is 3.26. The molecule has 2 aromatic carbocycles. The molecule has 0 aliphatic carbocycles. The van der Waals surface area contributed by atoms with Gasteiger partial charge in [-0.05, 0) is 29.8 Å². The standard InChI is InChI=1S/C18H14F3N3O/c19-18(20,21)15-6-8-16(9-7-15)23-12-14(10-22)17(25)24-11-13-4-2-1-3-5-13/h1-9,12,23H,11H2,(H,24,25)/b14-12-. The third kappa shape index (κ3) is 5.39. The minimum absolute atomic E-state index is 0.184. The summed E-state index contributed by atoms with van der Waals surface area (Å²) in [5.74, 6) is -0.578. The van der Waals surface area contributed by atoms with Gasteiger partial charge in [-0.1, -0.05) is 30.3 Å². The maximum Gasteiger partial charge on any atom is 0.416 e. The van der Waals surface area contributed by atoms with Crippen LogP contribution in [-0.4, -0.2) is 5.91 Å². The van der Waals surface area contributed by atoms with Crippen LogP contribution in [0.3, 0.4) is 0 Å². The van der Waals surface area contributed by atoms with Gasteiger partial charge in [0.2, 0.25) is 0 Å². The van der Waals surface area contributed by atoms with Gasteiger partial charge >= 0.3 is 6.18 Å². The quantitative estimate of drug-likeness (QED) is 0.639. The molecule has 128 valence electrons. The van der Waals surface area contributed by atoms with Gasteiger partial charge in [-0.15, -0.1) is 0 Å². The van der Waals surface area contributed by atoms with Crippen molar-refractivity contribution in [3.63, 3.8) is 0 Å². The summed E-state index contributed by atoms with van der Waals surface area (Å²) < 4.78 is 37.5. The summed E-state index contributed by atoms with van der Waals surface area (Å²) in [5, 5.41) is 14.3. The number of amides is 1. The highest BCUT2D eigenvalue weighted by Gasteiger charge is 2.29. The molecule has 0 saturated heterocycles. The fraction of sp³-hybridized carbons (Fsp3) is 0.111. The number of hydrogen-bond acceptors (Lipinski definition) is 3. The van der Waals surface area contributed by atoms with E-state index >= 15 is 0 Å². The molecule has 0 aliphatic heterocycles. The first-order chi connectivity index (χ1) is 11.9. The lowest BCUT2D eigenvalue weighted by atomic mass is 10.2. The molecule has 0 bridgehead atoms. The SMILES string of the molecule is N#C/C(=C/Nc1ccc(C(F)(F)F)cc1)C(=O)NCc1ccccc1. The van der Waals surface area contributed by atoms with Crippen LogP contribution in [-0.2, 0) is 17.5 Å². The topological polar surface area (TPSA) is 64.9 Å². The minimum atomic E-state index is -4.41. The van der Waals surface area contributed by atoms with Crippen molar-refractivity contribution in [3.8, 4) is 6.07 Å². The van der Waals surface area contributed by atoms with E-state index in [1.807, 2.05) is 30.3 Å². The summed E-state index contributed by atoms with van der Waals surface area (Å²) in [5.41, 5.74) is 0.249. The Morgan fingerprint density at radius 3 is 2.28 bits per heavy atom. The van der Waals surface area contributed by atoms with Crippen LogP contribution in [0.4, 0.5) is 18.9 Å². The Labute approximate surface area is 142 Å². The Kier molecular flexibility index (Phi) is 5.79. The van der Waals surface area contributed by atoms with Crippen molar-refractivity contribution in [3.05, 3.63) is 77.5 Å². The van der Waals surface area contributed by atoms with E-state index in [9.17, 15) is 18.0 Å². The van der Waals surface area contributed by atoms with E-state index in [4.69, 9.17) is 5.26 Å².